The summed E-state index contributed by atoms with van der Waals surface area (Å²) in [4.78, 5) is 0. The molecule has 0 nitrogen and oxygen atoms in total. The zero-order valence-corrected chi connectivity index (χ0v) is 16.6. The zero-order valence-electron chi connectivity index (χ0n) is 15.0. The minimum absolute atomic E-state index is 0.544. The fourth-order valence-electron chi connectivity index (χ4n) is 6.77. The third-order valence-corrected chi connectivity index (χ3v) is 9.17. The van der Waals surface area contributed by atoms with Crippen molar-refractivity contribution in [3.05, 3.63) is 33.8 Å². The summed E-state index contributed by atoms with van der Waals surface area (Å²) < 4.78 is 1.32. The van der Waals surface area contributed by atoms with Crippen LogP contribution in [0.5, 0.6) is 0 Å². The maximum absolute atomic E-state index is 3.82. The van der Waals surface area contributed by atoms with Gasteiger partial charge in [0.2, 0.25) is 0 Å². The minimum Gasteiger partial charge on any atom is -0.0622 e. The van der Waals surface area contributed by atoms with Crippen molar-refractivity contribution in [1.82, 2.24) is 0 Å². The van der Waals surface area contributed by atoms with Gasteiger partial charge in [-0.2, -0.15) is 0 Å². The van der Waals surface area contributed by atoms with Crippen LogP contribution in [0.25, 0.3) is 0 Å². The smallest absolute Gasteiger partial charge is 0.0181 e. The molecule has 0 aromatic heterocycles. The van der Waals surface area contributed by atoms with Gasteiger partial charge in [-0.25, -0.2) is 0 Å². The maximum atomic E-state index is 3.82. The summed E-state index contributed by atoms with van der Waals surface area (Å²) in [6.45, 7) is 9.68. The number of halogens is 1. The largest absolute Gasteiger partial charge is 0.0622 e. The van der Waals surface area contributed by atoms with Crippen molar-refractivity contribution in [2.75, 3.05) is 0 Å². The second kappa shape index (κ2) is 4.09. The van der Waals surface area contributed by atoms with Crippen LogP contribution in [-0.2, 0) is 10.8 Å². The molecule has 0 atom stereocenters. The Hall–Kier alpha value is -0.300. The fourth-order valence-corrected chi connectivity index (χ4v) is 7.27. The highest BCUT2D eigenvalue weighted by atomic mass is 79.9. The molecular weight excluding hydrogens is 344 g/mol. The molecule has 6 aliphatic rings. The number of benzene rings is 1. The highest BCUT2D eigenvalue weighted by Crippen LogP contribution is 2.78. The average Bonchev–Trinajstić information content (AvgIpc) is 2.18. The molecule has 0 unspecified atom stereocenters. The fraction of sp³-hybridized carbons (Fsp3) is 0.727. The van der Waals surface area contributed by atoms with Crippen LogP contribution in [0.3, 0.4) is 0 Å². The van der Waals surface area contributed by atoms with E-state index in [0.717, 1.165) is 11.8 Å². The van der Waals surface area contributed by atoms with Gasteiger partial charge in [-0.15, -0.1) is 0 Å². The molecule has 0 N–H and O–H groups in total. The van der Waals surface area contributed by atoms with Gasteiger partial charge in [0.05, 0.1) is 0 Å². The summed E-state index contributed by atoms with van der Waals surface area (Å²) in [5.74, 6) is 1.72. The van der Waals surface area contributed by atoms with Gasteiger partial charge in [0, 0.05) is 4.47 Å². The first-order valence-corrected chi connectivity index (χ1v) is 10.3. The van der Waals surface area contributed by atoms with Crippen molar-refractivity contribution < 1.29 is 0 Å². The van der Waals surface area contributed by atoms with Gasteiger partial charge in [0.1, 0.15) is 0 Å². The predicted molar refractivity (Wildman–Crippen MR) is 99.7 cm³/mol. The molecule has 6 saturated carbocycles. The summed E-state index contributed by atoms with van der Waals surface area (Å²) in [7, 11) is 0. The molecule has 0 heterocycles. The molecule has 0 saturated heterocycles. The molecule has 0 spiro atoms. The highest BCUT2D eigenvalue weighted by molar-refractivity contribution is 9.10. The lowest BCUT2D eigenvalue weighted by Crippen LogP contribution is -2.67. The first kappa shape index (κ1) is 15.0. The second-order valence-corrected chi connectivity index (χ2v) is 11.3. The van der Waals surface area contributed by atoms with Gasteiger partial charge in [-0.05, 0) is 95.3 Å². The predicted octanol–water partition coefficient (Wildman–Crippen LogP) is 6.60. The van der Waals surface area contributed by atoms with Gasteiger partial charge in [-0.1, -0.05) is 49.7 Å². The van der Waals surface area contributed by atoms with Gasteiger partial charge < -0.3 is 0 Å². The van der Waals surface area contributed by atoms with E-state index in [4.69, 9.17) is 0 Å². The van der Waals surface area contributed by atoms with Crippen molar-refractivity contribution in [1.29, 1.82) is 0 Å². The van der Waals surface area contributed by atoms with Gasteiger partial charge >= 0.3 is 0 Å². The van der Waals surface area contributed by atoms with Gasteiger partial charge in [0.15, 0.2) is 0 Å². The van der Waals surface area contributed by atoms with Crippen LogP contribution < -0.4 is 0 Å². The standard InChI is InChI=1S/C22H29Br/c1-14(2)19-8-21(9-19,10-19)16-5-17(7-18(23)6-16)22-11-20(12-22,13-22)15(3)4/h5-7,14-15H,8-13H2,1-4H3. The molecule has 23 heavy (non-hydrogen) atoms. The lowest BCUT2D eigenvalue weighted by atomic mass is 9.29. The third-order valence-electron chi connectivity index (χ3n) is 8.71. The van der Waals surface area contributed by atoms with E-state index >= 15 is 0 Å². The Kier molecular flexibility index (Phi) is 2.66. The molecule has 0 aliphatic heterocycles. The van der Waals surface area contributed by atoms with Gasteiger partial charge in [-0.3, -0.25) is 0 Å². The van der Waals surface area contributed by atoms with Crippen molar-refractivity contribution in [2.24, 2.45) is 22.7 Å². The summed E-state index contributed by atoms with van der Waals surface area (Å²) in [6, 6.07) is 7.46. The summed E-state index contributed by atoms with van der Waals surface area (Å²) in [5, 5.41) is 0. The Morgan fingerprint density at radius 2 is 1.04 bits per heavy atom. The molecule has 6 fully saturated rings. The molecule has 1 aromatic rings. The van der Waals surface area contributed by atoms with Crippen molar-refractivity contribution in [3.63, 3.8) is 0 Å². The van der Waals surface area contributed by atoms with Crippen LogP contribution in [0, 0.1) is 22.7 Å². The monoisotopic (exact) mass is 372 g/mol. The van der Waals surface area contributed by atoms with E-state index in [1.54, 1.807) is 11.1 Å². The van der Waals surface area contributed by atoms with E-state index < -0.39 is 0 Å². The third kappa shape index (κ3) is 1.64. The van der Waals surface area contributed by atoms with Crippen LogP contribution in [0.4, 0.5) is 0 Å². The Morgan fingerprint density at radius 3 is 1.35 bits per heavy atom. The van der Waals surface area contributed by atoms with Gasteiger partial charge in [0.25, 0.3) is 0 Å². The molecule has 124 valence electrons. The van der Waals surface area contributed by atoms with E-state index in [0.29, 0.717) is 21.7 Å². The van der Waals surface area contributed by atoms with Crippen LogP contribution in [0.15, 0.2) is 22.7 Å². The van der Waals surface area contributed by atoms with Crippen molar-refractivity contribution >= 4 is 15.9 Å². The molecule has 7 rings (SSSR count). The number of hydrogen-bond acceptors (Lipinski definition) is 0. The average molecular weight is 373 g/mol. The van der Waals surface area contributed by atoms with Crippen LogP contribution in [0.1, 0.15) is 77.3 Å². The second-order valence-electron chi connectivity index (χ2n) is 10.4. The van der Waals surface area contributed by atoms with Crippen LogP contribution in [0.2, 0.25) is 0 Å². The van der Waals surface area contributed by atoms with E-state index in [9.17, 15) is 0 Å². The minimum atomic E-state index is 0.544. The first-order valence-electron chi connectivity index (χ1n) is 9.55. The molecule has 0 radical (unpaired) electrons. The van der Waals surface area contributed by atoms with E-state index in [1.807, 2.05) is 0 Å². The molecule has 4 bridgehead atoms. The number of hydrogen-bond donors (Lipinski definition) is 0. The highest BCUT2D eigenvalue weighted by Gasteiger charge is 2.71. The maximum Gasteiger partial charge on any atom is 0.0181 e. The number of rotatable bonds is 4. The quantitative estimate of drug-likeness (QED) is 0.557. The lowest BCUT2D eigenvalue weighted by Gasteiger charge is -2.74. The summed E-state index contributed by atoms with van der Waals surface area (Å²) >= 11 is 3.82. The summed E-state index contributed by atoms with van der Waals surface area (Å²) in [5.41, 5.74) is 5.77. The normalized spacial score (nSPS) is 46.0. The van der Waals surface area contributed by atoms with Crippen molar-refractivity contribution in [3.8, 4) is 0 Å². The first-order chi connectivity index (χ1) is 10.7. The lowest BCUT2D eigenvalue weighted by molar-refractivity contribution is -0.176. The SMILES string of the molecule is CC(C)C12CC(c3cc(Br)cc(C45CC(C(C)C)(C4)C5)c3)(C1)C2. The van der Waals surface area contributed by atoms with Crippen molar-refractivity contribution in [2.45, 2.75) is 77.0 Å². The zero-order chi connectivity index (χ0) is 16.3. The molecular formula is C22H29Br. The van der Waals surface area contributed by atoms with E-state index in [-0.39, 0.29) is 0 Å². The summed E-state index contributed by atoms with van der Waals surface area (Å²) in [6.07, 6.45) is 8.65. The molecule has 0 amide bonds. The Balaban J connectivity index is 1.41. The molecule has 1 heteroatoms. The Morgan fingerprint density at radius 1 is 0.696 bits per heavy atom. The van der Waals surface area contributed by atoms with Crippen LogP contribution >= 0.6 is 15.9 Å². The Labute approximate surface area is 149 Å². The van der Waals surface area contributed by atoms with E-state index in [1.165, 1.54) is 43.0 Å². The topological polar surface area (TPSA) is 0 Å². The van der Waals surface area contributed by atoms with Crippen LogP contribution in [-0.4, -0.2) is 0 Å². The Bertz CT molecular complexity index is 600. The van der Waals surface area contributed by atoms with E-state index in [2.05, 4.69) is 61.8 Å². The molecule has 1 aromatic carbocycles. The molecule has 6 aliphatic carbocycles.